The predicted molar refractivity (Wildman–Crippen MR) is 70.7 cm³/mol. The van der Waals surface area contributed by atoms with Crippen molar-refractivity contribution >= 4 is 29.1 Å². The highest BCUT2D eigenvalue weighted by Crippen LogP contribution is 2.23. The van der Waals surface area contributed by atoms with Gasteiger partial charge in [0.2, 0.25) is 0 Å². The van der Waals surface area contributed by atoms with Crippen LogP contribution in [0.15, 0.2) is 18.2 Å². The minimum atomic E-state index is -0.398. The first-order chi connectivity index (χ1) is 8.16. The Bertz CT molecular complexity index is 422. The monoisotopic (exact) mass is 272 g/mol. The average Bonchev–Trinajstić information content (AvgIpc) is 2.80. The van der Waals surface area contributed by atoms with Crippen LogP contribution in [0.4, 0.5) is 5.69 Å². The molecular weight excluding hydrogens is 260 g/mol. The molecule has 17 heavy (non-hydrogen) atoms. The highest BCUT2D eigenvalue weighted by molar-refractivity contribution is 7.99. The van der Waals surface area contributed by atoms with Crippen molar-refractivity contribution in [1.29, 1.82) is 0 Å². The van der Waals surface area contributed by atoms with Crippen molar-refractivity contribution in [1.82, 2.24) is 5.32 Å². The highest BCUT2D eigenvalue weighted by atomic mass is 35.5. The van der Waals surface area contributed by atoms with Crippen LogP contribution < -0.4 is 5.32 Å². The number of rotatable bonds is 4. The molecule has 92 valence electrons. The molecule has 1 aliphatic rings. The van der Waals surface area contributed by atoms with Gasteiger partial charge < -0.3 is 5.32 Å². The Balaban J connectivity index is 2.03. The smallest absolute Gasteiger partial charge is 0.269 e. The number of nitro benzene ring substituents is 1. The van der Waals surface area contributed by atoms with Gasteiger partial charge in [0.25, 0.3) is 5.69 Å². The number of nitro groups is 1. The lowest BCUT2D eigenvalue weighted by Gasteiger charge is -2.11. The number of non-ortho nitro benzene ring substituents is 1. The fraction of sp³-hybridized carbons (Fsp3) is 0.455. The summed E-state index contributed by atoms with van der Waals surface area (Å²) in [4.78, 5) is 10.3. The number of hydrogen-bond acceptors (Lipinski definition) is 4. The molecule has 1 saturated heterocycles. The van der Waals surface area contributed by atoms with E-state index in [0.29, 0.717) is 17.6 Å². The lowest BCUT2D eigenvalue weighted by atomic mass is 10.2. The first-order valence-corrected chi connectivity index (χ1v) is 6.94. The maximum Gasteiger partial charge on any atom is 0.269 e. The molecule has 1 unspecified atom stereocenters. The molecule has 1 aromatic carbocycles. The summed E-state index contributed by atoms with van der Waals surface area (Å²) < 4.78 is 0. The molecule has 1 aliphatic heterocycles. The van der Waals surface area contributed by atoms with E-state index >= 15 is 0 Å². The summed E-state index contributed by atoms with van der Waals surface area (Å²) in [6.45, 7) is 0.589. The number of benzene rings is 1. The number of nitrogens with zero attached hydrogens (tertiary/aromatic N) is 1. The van der Waals surface area contributed by atoms with Gasteiger partial charge in [-0.3, -0.25) is 10.1 Å². The maximum atomic E-state index is 10.7. The van der Waals surface area contributed by atoms with E-state index in [1.807, 2.05) is 11.8 Å². The Morgan fingerprint density at radius 2 is 2.41 bits per heavy atom. The van der Waals surface area contributed by atoms with Crippen molar-refractivity contribution in [2.75, 3.05) is 11.5 Å². The topological polar surface area (TPSA) is 55.2 Å². The lowest BCUT2D eigenvalue weighted by Crippen LogP contribution is -2.28. The molecule has 1 aromatic rings. The van der Waals surface area contributed by atoms with Crippen LogP contribution in [0, 0.1) is 10.1 Å². The van der Waals surface area contributed by atoms with Gasteiger partial charge >= 0.3 is 0 Å². The van der Waals surface area contributed by atoms with E-state index in [1.165, 1.54) is 17.9 Å². The molecule has 0 amide bonds. The Morgan fingerprint density at radius 1 is 1.59 bits per heavy atom. The lowest BCUT2D eigenvalue weighted by molar-refractivity contribution is -0.384. The van der Waals surface area contributed by atoms with Crippen molar-refractivity contribution in [3.63, 3.8) is 0 Å². The van der Waals surface area contributed by atoms with E-state index in [9.17, 15) is 10.1 Å². The van der Waals surface area contributed by atoms with E-state index in [-0.39, 0.29) is 5.69 Å². The molecule has 0 bridgehead atoms. The number of hydrogen-bond donors (Lipinski definition) is 1. The van der Waals surface area contributed by atoms with Gasteiger partial charge in [0.15, 0.2) is 0 Å². The fourth-order valence-corrected chi connectivity index (χ4v) is 3.13. The third-order valence-corrected chi connectivity index (χ3v) is 4.28. The van der Waals surface area contributed by atoms with Gasteiger partial charge in [0, 0.05) is 35.5 Å². The Kier molecular flexibility index (Phi) is 4.25. The van der Waals surface area contributed by atoms with Crippen molar-refractivity contribution in [2.45, 2.75) is 19.0 Å². The summed E-state index contributed by atoms with van der Waals surface area (Å²) >= 11 is 7.94. The third kappa shape index (κ3) is 3.34. The van der Waals surface area contributed by atoms with Gasteiger partial charge in [-0.25, -0.2) is 0 Å². The van der Waals surface area contributed by atoms with Gasteiger partial charge in [-0.15, -0.1) is 0 Å². The van der Waals surface area contributed by atoms with Crippen molar-refractivity contribution < 1.29 is 4.92 Å². The SMILES string of the molecule is O=[N+]([O-])c1ccc(Cl)c(CNC2CCSC2)c1. The van der Waals surface area contributed by atoms with E-state index in [4.69, 9.17) is 11.6 Å². The molecule has 4 nitrogen and oxygen atoms in total. The quantitative estimate of drug-likeness (QED) is 0.676. The van der Waals surface area contributed by atoms with Crippen LogP contribution in [0.1, 0.15) is 12.0 Å². The second kappa shape index (κ2) is 5.71. The minimum absolute atomic E-state index is 0.0898. The van der Waals surface area contributed by atoms with Crippen LogP contribution in [0.25, 0.3) is 0 Å². The van der Waals surface area contributed by atoms with Crippen LogP contribution in [0.5, 0.6) is 0 Å². The number of thioether (sulfide) groups is 1. The van der Waals surface area contributed by atoms with Gasteiger partial charge in [-0.1, -0.05) is 11.6 Å². The average molecular weight is 273 g/mol. The van der Waals surface area contributed by atoms with E-state index in [2.05, 4.69) is 5.32 Å². The van der Waals surface area contributed by atoms with Crippen LogP contribution in [-0.4, -0.2) is 22.5 Å². The van der Waals surface area contributed by atoms with Crippen LogP contribution >= 0.6 is 23.4 Å². The molecule has 2 rings (SSSR count). The summed E-state index contributed by atoms with van der Waals surface area (Å²) in [5.74, 6) is 2.28. The molecule has 1 atom stereocenters. The minimum Gasteiger partial charge on any atom is -0.309 e. The Hall–Kier alpha value is -0.780. The molecule has 0 aromatic heterocycles. The van der Waals surface area contributed by atoms with Crippen LogP contribution in [0.3, 0.4) is 0 Å². The number of nitrogens with one attached hydrogen (secondary N) is 1. The van der Waals surface area contributed by atoms with Gasteiger partial charge in [0.1, 0.15) is 0 Å². The maximum absolute atomic E-state index is 10.7. The molecule has 0 saturated carbocycles. The molecule has 1 heterocycles. The summed E-state index contributed by atoms with van der Waals surface area (Å²) in [6.07, 6.45) is 1.15. The van der Waals surface area contributed by atoms with Crippen LogP contribution in [-0.2, 0) is 6.54 Å². The zero-order chi connectivity index (χ0) is 12.3. The molecular formula is C11H13ClN2O2S. The predicted octanol–water partition coefficient (Wildman–Crippen LogP) is 2.84. The van der Waals surface area contributed by atoms with Crippen molar-refractivity contribution in [2.24, 2.45) is 0 Å². The number of halogens is 1. The van der Waals surface area contributed by atoms with E-state index < -0.39 is 4.92 Å². The highest BCUT2D eigenvalue weighted by Gasteiger charge is 2.16. The van der Waals surface area contributed by atoms with Gasteiger partial charge in [0.05, 0.1) is 4.92 Å². The molecule has 0 radical (unpaired) electrons. The summed E-state index contributed by atoms with van der Waals surface area (Å²) in [5.41, 5.74) is 0.879. The summed E-state index contributed by atoms with van der Waals surface area (Å²) in [7, 11) is 0. The zero-order valence-corrected chi connectivity index (χ0v) is 10.8. The Morgan fingerprint density at radius 3 is 3.06 bits per heavy atom. The van der Waals surface area contributed by atoms with Crippen molar-refractivity contribution in [3.8, 4) is 0 Å². The van der Waals surface area contributed by atoms with Crippen molar-refractivity contribution in [3.05, 3.63) is 38.9 Å². The standard InChI is InChI=1S/C11H13ClN2O2S/c12-11-2-1-10(14(15)16)5-8(11)6-13-9-3-4-17-7-9/h1-2,5,9,13H,3-4,6-7H2. The summed E-state index contributed by atoms with van der Waals surface area (Å²) in [6, 6.07) is 5.05. The van der Waals surface area contributed by atoms with Crippen LogP contribution in [0.2, 0.25) is 5.02 Å². The van der Waals surface area contributed by atoms with Gasteiger partial charge in [-0.05, 0) is 23.8 Å². The molecule has 1 N–H and O–H groups in total. The molecule has 1 fully saturated rings. The second-order valence-electron chi connectivity index (χ2n) is 3.97. The summed E-state index contributed by atoms with van der Waals surface area (Å²) in [5, 5.41) is 14.6. The Labute approximate surface area is 109 Å². The largest absolute Gasteiger partial charge is 0.309 e. The second-order valence-corrected chi connectivity index (χ2v) is 5.53. The third-order valence-electron chi connectivity index (χ3n) is 2.75. The molecule has 0 spiro atoms. The van der Waals surface area contributed by atoms with Gasteiger partial charge in [-0.2, -0.15) is 11.8 Å². The first kappa shape index (κ1) is 12.7. The first-order valence-electron chi connectivity index (χ1n) is 5.41. The zero-order valence-electron chi connectivity index (χ0n) is 9.19. The van der Waals surface area contributed by atoms with E-state index in [1.54, 1.807) is 6.07 Å². The molecule has 6 heteroatoms. The normalized spacial score (nSPS) is 19.5. The van der Waals surface area contributed by atoms with E-state index in [0.717, 1.165) is 17.7 Å². The fourth-order valence-electron chi connectivity index (χ4n) is 1.76. The molecule has 0 aliphatic carbocycles.